The van der Waals surface area contributed by atoms with Gasteiger partial charge in [0.25, 0.3) is 0 Å². The number of pyridine rings is 1. The van der Waals surface area contributed by atoms with Crippen LogP contribution in [0.2, 0.25) is 10.0 Å². The van der Waals surface area contributed by atoms with Gasteiger partial charge in [0, 0.05) is 44.1 Å². The van der Waals surface area contributed by atoms with Gasteiger partial charge in [-0.15, -0.1) is 0 Å². The van der Waals surface area contributed by atoms with Gasteiger partial charge in [0.05, 0.1) is 23.4 Å². The highest BCUT2D eigenvalue weighted by Crippen LogP contribution is 2.29. The number of hydrogen-bond acceptors (Lipinski definition) is 5. The highest BCUT2D eigenvalue weighted by Gasteiger charge is 2.22. The van der Waals surface area contributed by atoms with Gasteiger partial charge in [-0.25, -0.2) is 0 Å². The van der Waals surface area contributed by atoms with Crippen molar-refractivity contribution in [1.82, 2.24) is 19.7 Å². The number of nitrogens with zero attached hydrogens (tertiary/aromatic N) is 5. The maximum Gasteiger partial charge on any atom is 0.244 e. The van der Waals surface area contributed by atoms with E-state index in [9.17, 15) is 4.79 Å². The molecule has 7 nitrogen and oxygen atoms in total. The number of piperazine rings is 1. The Balaban J connectivity index is 1.38. The largest absolute Gasteiger partial charge is 0.495 e. The van der Waals surface area contributed by atoms with E-state index >= 15 is 0 Å². The number of carbonyl (C=O) groups is 1. The number of amides is 1. The minimum atomic E-state index is 0.0345. The molecule has 0 bridgehead atoms. The SMILES string of the molecule is COc1cc(N2CCN(C(=O)Cn3cc4ncc(Cl)cc4n3)CC2)ccc1Cl. The first kappa shape index (κ1) is 18.8. The van der Waals surface area contributed by atoms with Gasteiger partial charge in [0.2, 0.25) is 5.91 Å². The van der Waals surface area contributed by atoms with Crippen molar-refractivity contribution >= 4 is 45.8 Å². The number of fused-ring (bicyclic) bond motifs is 1. The molecule has 0 radical (unpaired) electrons. The molecular weight excluding hydrogens is 401 g/mol. The van der Waals surface area contributed by atoms with E-state index in [0.717, 1.165) is 24.3 Å². The number of aromatic nitrogens is 3. The van der Waals surface area contributed by atoms with Gasteiger partial charge in [-0.2, -0.15) is 5.10 Å². The standard InChI is InChI=1S/C19H19Cl2N5O2/c1-28-18-9-14(2-3-15(18)21)24-4-6-25(7-5-24)19(27)12-26-11-17-16(23-26)8-13(20)10-22-17/h2-3,8-11H,4-7,12H2,1H3. The zero-order valence-corrected chi connectivity index (χ0v) is 16.8. The second-order valence-electron chi connectivity index (χ2n) is 6.57. The Labute approximate surface area is 172 Å². The van der Waals surface area contributed by atoms with E-state index in [1.54, 1.807) is 30.3 Å². The molecule has 1 aliphatic heterocycles. The van der Waals surface area contributed by atoms with Crippen LogP contribution in [0.1, 0.15) is 0 Å². The van der Waals surface area contributed by atoms with Crippen LogP contribution in [-0.4, -0.2) is 58.9 Å². The molecule has 0 spiro atoms. The molecule has 1 aromatic carbocycles. The maximum absolute atomic E-state index is 12.7. The summed E-state index contributed by atoms with van der Waals surface area (Å²) in [5.41, 5.74) is 2.44. The van der Waals surface area contributed by atoms with Crippen LogP contribution in [0, 0.1) is 0 Å². The van der Waals surface area contributed by atoms with E-state index in [2.05, 4.69) is 15.0 Å². The van der Waals surface area contributed by atoms with E-state index in [-0.39, 0.29) is 12.5 Å². The molecule has 28 heavy (non-hydrogen) atoms. The Hall–Kier alpha value is -2.51. The average Bonchev–Trinajstić information content (AvgIpc) is 3.09. The third kappa shape index (κ3) is 3.86. The lowest BCUT2D eigenvalue weighted by Crippen LogP contribution is -2.49. The van der Waals surface area contributed by atoms with Crippen molar-refractivity contribution in [1.29, 1.82) is 0 Å². The van der Waals surface area contributed by atoms with Crippen molar-refractivity contribution in [2.24, 2.45) is 0 Å². The maximum atomic E-state index is 12.7. The van der Waals surface area contributed by atoms with E-state index in [1.807, 2.05) is 23.1 Å². The Morgan fingerprint density at radius 2 is 1.93 bits per heavy atom. The van der Waals surface area contributed by atoms with Crippen LogP contribution in [0.4, 0.5) is 5.69 Å². The van der Waals surface area contributed by atoms with E-state index in [0.29, 0.717) is 34.4 Å². The van der Waals surface area contributed by atoms with E-state index in [1.165, 1.54) is 0 Å². The minimum absolute atomic E-state index is 0.0345. The lowest BCUT2D eigenvalue weighted by molar-refractivity contribution is -0.132. The summed E-state index contributed by atoms with van der Waals surface area (Å²) in [5.74, 6) is 0.685. The molecule has 0 saturated carbocycles. The smallest absolute Gasteiger partial charge is 0.244 e. The van der Waals surface area contributed by atoms with Crippen LogP contribution in [-0.2, 0) is 11.3 Å². The first-order valence-corrected chi connectivity index (χ1v) is 9.64. The summed E-state index contributed by atoms with van der Waals surface area (Å²) in [6.45, 7) is 2.97. The summed E-state index contributed by atoms with van der Waals surface area (Å²) in [6, 6.07) is 7.46. The van der Waals surface area contributed by atoms with Gasteiger partial charge < -0.3 is 14.5 Å². The Kier molecular flexibility index (Phi) is 5.28. The molecule has 1 fully saturated rings. The molecule has 0 unspecified atom stereocenters. The number of halogens is 2. The van der Waals surface area contributed by atoms with Gasteiger partial charge in [0.1, 0.15) is 23.3 Å². The van der Waals surface area contributed by atoms with Gasteiger partial charge in [-0.05, 0) is 18.2 Å². The Morgan fingerprint density at radius 3 is 2.68 bits per heavy atom. The second-order valence-corrected chi connectivity index (χ2v) is 7.41. The summed E-state index contributed by atoms with van der Waals surface area (Å²) >= 11 is 12.0. The molecule has 9 heteroatoms. The fraction of sp³-hybridized carbons (Fsp3) is 0.316. The van der Waals surface area contributed by atoms with Crippen molar-refractivity contribution in [2.75, 3.05) is 38.2 Å². The zero-order valence-electron chi connectivity index (χ0n) is 15.3. The lowest BCUT2D eigenvalue weighted by Gasteiger charge is -2.36. The number of carbonyl (C=O) groups excluding carboxylic acids is 1. The number of rotatable bonds is 4. The molecule has 1 amide bonds. The predicted octanol–water partition coefficient (Wildman–Crippen LogP) is 3.10. The molecule has 3 aromatic rings. The normalized spacial score (nSPS) is 14.5. The first-order valence-electron chi connectivity index (χ1n) is 8.88. The average molecular weight is 420 g/mol. The highest BCUT2D eigenvalue weighted by atomic mass is 35.5. The minimum Gasteiger partial charge on any atom is -0.495 e. The summed E-state index contributed by atoms with van der Waals surface area (Å²) < 4.78 is 6.91. The molecule has 2 aromatic heterocycles. The topological polar surface area (TPSA) is 63.5 Å². The number of hydrogen-bond donors (Lipinski definition) is 0. The van der Waals surface area contributed by atoms with Crippen LogP contribution >= 0.6 is 23.2 Å². The fourth-order valence-corrected chi connectivity index (χ4v) is 3.65. The summed E-state index contributed by atoms with van der Waals surface area (Å²) in [4.78, 5) is 21.0. The Morgan fingerprint density at radius 1 is 1.14 bits per heavy atom. The van der Waals surface area contributed by atoms with Crippen LogP contribution in [0.5, 0.6) is 5.75 Å². The van der Waals surface area contributed by atoms with Crippen molar-refractivity contribution in [3.8, 4) is 5.75 Å². The highest BCUT2D eigenvalue weighted by molar-refractivity contribution is 6.32. The fourth-order valence-electron chi connectivity index (χ4n) is 3.31. The van der Waals surface area contributed by atoms with Crippen molar-refractivity contribution in [2.45, 2.75) is 6.54 Å². The molecule has 146 valence electrons. The molecule has 0 atom stereocenters. The molecular formula is C19H19Cl2N5O2. The summed E-state index contributed by atoms with van der Waals surface area (Å²) in [7, 11) is 1.60. The van der Waals surface area contributed by atoms with Crippen LogP contribution in [0.25, 0.3) is 11.0 Å². The third-order valence-corrected chi connectivity index (χ3v) is 5.32. The third-order valence-electron chi connectivity index (χ3n) is 4.80. The van der Waals surface area contributed by atoms with Crippen LogP contribution in [0.3, 0.4) is 0 Å². The summed E-state index contributed by atoms with van der Waals surface area (Å²) in [6.07, 6.45) is 3.34. The molecule has 0 N–H and O–H groups in total. The lowest BCUT2D eigenvalue weighted by atomic mass is 10.2. The Bertz CT molecular complexity index is 1010. The van der Waals surface area contributed by atoms with Crippen molar-refractivity contribution in [3.05, 3.63) is 46.7 Å². The monoisotopic (exact) mass is 419 g/mol. The van der Waals surface area contributed by atoms with Crippen LogP contribution in [0.15, 0.2) is 36.7 Å². The van der Waals surface area contributed by atoms with Crippen LogP contribution < -0.4 is 9.64 Å². The second kappa shape index (κ2) is 7.85. The van der Waals surface area contributed by atoms with Crippen molar-refractivity contribution in [3.63, 3.8) is 0 Å². The van der Waals surface area contributed by atoms with E-state index < -0.39 is 0 Å². The zero-order chi connectivity index (χ0) is 19.7. The van der Waals surface area contributed by atoms with E-state index in [4.69, 9.17) is 27.9 Å². The molecule has 3 heterocycles. The first-order chi connectivity index (χ1) is 13.5. The van der Waals surface area contributed by atoms with Crippen molar-refractivity contribution < 1.29 is 9.53 Å². The quantitative estimate of drug-likeness (QED) is 0.649. The number of methoxy groups -OCH3 is 1. The predicted molar refractivity (Wildman–Crippen MR) is 109 cm³/mol. The number of anilines is 1. The molecule has 1 aliphatic rings. The van der Waals surface area contributed by atoms with Gasteiger partial charge in [-0.1, -0.05) is 23.2 Å². The molecule has 1 saturated heterocycles. The van der Waals surface area contributed by atoms with Gasteiger partial charge >= 0.3 is 0 Å². The molecule has 0 aliphatic carbocycles. The van der Waals surface area contributed by atoms with Gasteiger partial charge in [0.15, 0.2) is 0 Å². The number of ether oxygens (including phenoxy) is 1. The molecule has 4 rings (SSSR count). The van der Waals surface area contributed by atoms with Gasteiger partial charge in [-0.3, -0.25) is 14.5 Å². The summed E-state index contributed by atoms with van der Waals surface area (Å²) in [5, 5.41) is 5.50. The number of benzene rings is 1.